The van der Waals surface area contributed by atoms with E-state index in [1.165, 1.54) is 5.57 Å². The van der Waals surface area contributed by atoms with Crippen molar-refractivity contribution < 1.29 is 14.2 Å². The Balaban J connectivity index is 4.56. The lowest BCUT2D eigenvalue weighted by Crippen LogP contribution is -2.45. The Hall–Kier alpha value is -0.423. The van der Waals surface area contributed by atoms with Crippen LogP contribution in [0, 0.1) is 0 Å². The van der Waals surface area contributed by atoms with Crippen molar-refractivity contribution in [2.24, 2.45) is 0 Å². The van der Waals surface area contributed by atoms with E-state index >= 15 is 0 Å². The van der Waals surface area contributed by atoms with Crippen LogP contribution >= 0.6 is 0 Å². The molecule has 0 aromatic carbocycles. The normalized spacial score (nSPS) is 15.4. The summed E-state index contributed by atoms with van der Waals surface area (Å²) in [4.78, 5) is 0. The van der Waals surface area contributed by atoms with Gasteiger partial charge in [-0.15, -0.1) is 6.58 Å². The SMILES string of the molecule is C=CC(C)(CCC=C(C)C)OC([SiH3])(OC)OC. The molecular weight excluding hydrogens is 232 g/mol. The maximum atomic E-state index is 5.92. The van der Waals surface area contributed by atoms with E-state index in [4.69, 9.17) is 14.2 Å². The number of methoxy groups -OCH3 is 2. The zero-order valence-corrected chi connectivity index (χ0v) is 14.0. The average Bonchev–Trinajstić information content (AvgIpc) is 2.28. The summed E-state index contributed by atoms with van der Waals surface area (Å²) in [5, 5.41) is 0. The van der Waals surface area contributed by atoms with Gasteiger partial charge in [0.15, 0.2) is 0 Å². The molecule has 0 radical (unpaired) electrons. The molecule has 0 saturated carbocycles. The second kappa shape index (κ2) is 7.11. The van der Waals surface area contributed by atoms with Gasteiger partial charge in [0.2, 0.25) is 5.60 Å². The second-order valence-corrected chi connectivity index (χ2v) is 5.93. The highest BCUT2D eigenvalue weighted by atomic mass is 28.1. The fourth-order valence-corrected chi connectivity index (χ4v) is 1.90. The molecule has 0 bridgehead atoms. The molecule has 0 fully saturated rings. The Labute approximate surface area is 108 Å². The van der Waals surface area contributed by atoms with Gasteiger partial charge in [0.25, 0.3) is 0 Å². The van der Waals surface area contributed by atoms with Crippen molar-refractivity contribution in [3.8, 4) is 0 Å². The van der Waals surface area contributed by atoms with E-state index in [9.17, 15) is 0 Å². The van der Waals surface area contributed by atoms with E-state index in [2.05, 4.69) is 26.5 Å². The van der Waals surface area contributed by atoms with Gasteiger partial charge in [0.05, 0.1) is 5.60 Å². The molecule has 1 atom stereocenters. The summed E-state index contributed by atoms with van der Waals surface area (Å²) < 4.78 is 16.5. The van der Waals surface area contributed by atoms with Crippen LogP contribution < -0.4 is 0 Å². The summed E-state index contributed by atoms with van der Waals surface area (Å²) >= 11 is 0. The van der Waals surface area contributed by atoms with Crippen LogP contribution in [0.4, 0.5) is 0 Å². The molecule has 0 saturated heterocycles. The standard InChI is InChI=1S/C13H26O3Si/c1-7-12(4,10-8-9-11(2)3)16-13(17,14-5)15-6/h7,9H,1,8,10H2,2-6,17H3. The summed E-state index contributed by atoms with van der Waals surface area (Å²) in [6, 6.07) is 0. The van der Waals surface area contributed by atoms with Crippen molar-refractivity contribution in [2.45, 2.75) is 44.8 Å². The van der Waals surface area contributed by atoms with Crippen LogP contribution in [0.5, 0.6) is 0 Å². The van der Waals surface area contributed by atoms with Crippen LogP contribution in [0.2, 0.25) is 0 Å². The molecule has 0 heterocycles. The number of rotatable bonds is 8. The molecule has 0 aromatic heterocycles. The summed E-state index contributed by atoms with van der Waals surface area (Å²) in [6.07, 6.45) is 5.82. The Bertz CT molecular complexity index is 268. The van der Waals surface area contributed by atoms with E-state index in [0.29, 0.717) is 10.2 Å². The first-order chi connectivity index (χ1) is 7.81. The first kappa shape index (κ1) is 16.6. The number of hydrogen-bond donors (Lipinski definition) is 0. The van der Waals surface area contributed by atoms with Gasteiger partial charge in [0.1, 0.15) is 10.2 Å². The minimum atomic E-state index is -0.895. The van der Waals surface area contributed by atoms with E-state index in [0.717, 1.165) is 12.8 Å². The van der Waals surface area contributed by atoms with Crippen LogP contribution in [0.25, 0.3) is 0 Å². The maximum absolute atomic E-state index is 5.92. The fraction of sp³-hybridized carbons (Fsp3) is 0.692. The van der Waals surface area contributed by atoms with Gasteiger partial charge in [0, 0.05) is 14.2 Å². The molecule has 0 aromatic rings. The first-order valence-corrected chi connectivity index (χ1v) is 6.88. The predicted molar refractivity (Wildman–Crippen MR) is 75.0 cm³/mol. The van der Waals surface area contributed by atoms with E-state index in [-0.39, 0.29) is 0 Å². The highest BCUT2D eigenvalue weighted by Gasteiger charge is 2.33. The molecule has 0 N–H and O–H groups in total. The quantitative estimate of drug-likeness (QED) is 0.378. The molecule has 3 nitrogen and oxygen atoms in total. The topological polar surface area (TPSA) is 27.7 Å². The van der Waals surface area contributed by atoms with Crippen LogP contribution in [0.1, 0.15) is 33.6 Å². The monoisotopic (exact) mass is 258 g/mol. The number of allylic oxidation sites excluding steroid dienone is 2. The van der Waals surface area contributed by atoms with Crippen molar-refractivity contribution >= 4 is 10.2 Å². The third-order valence-corrected chi connectivity index (χ3v) is 3.81. The largest absolute Gasteiger partial charge is 0.336 e. The van der Waals surface area contributed by atoms with Crippen molar-refractivity contribution in [1.82, 2.24) is 0 Å². The minimum absolute atomic E-state index is 0.431. The molecule has 0 aliphatic rings. The Morgan fingerprint density at radius 3 is 2.18 bits per heavy atom. The third-order valence-electron chi connectivity index (χ3n) is 2.79. The van der Waals surface area contributed by atoms with Crippen LogP contribution in [-0.2, 0) is 14.2 Å². The Morgan fingerprint density at radius 1 is 1.29 bits per heavy atom. The number of ether oxygens (including phenoxy) is 3. The molecule has 1 unspecified atom stereocenters. The molecule has 0 spiro atoms. The highest BCUT2D eigenvalue weighted by Crippen LogP contribution is 2.26. The molecule has 0 aliphatic heterocycles. The van der Waals surface area contributed by atoms with Gasteiger partial charge >= 0.3 is 0 Å². The molecule has 100 valence electrons. The molecule has 17 heavy (non-hydrogen) atoms. The Morgan fingerprint density at radius 2 is 1.82 bits per heavy atom. The number of hydrogen-bond acceptors (Lipinski definition) is 3. The third kappa shape index (κ3) is 6.17. The van der Waals surface area contributed by atoms with Gasteiger partial charge in [-0.1, -0.05) is 17.7 Å². The lowest BCUT2D eigenvalue weighted by Gasteiger charge is -2.36. The van der Waals surface area contributed by atoms with Crippen molar-refractivity contribution in [2.75, 3.05) is 14.2 Å². The minimum Gasteiger partial charge on any atom is -0.336 e. The van der Waals surface area contributed by atoms with Gasteiger partial charge in [-0.05, 0) is 33.6 Å². The van der Waals surface area contributed by atoms with Crippen molar-refractivity contribution in [3.63, 3.8) is 0 Å². The smallest absolute Gasteiger partial charge is 0.245 e. The van der Waals surface area contributed by atoms with E-state index in [1.807, 2.05) is 13.0 Å². The zero-order chi connectivity index (χ0) is 13.5. The van der Waals surface area contributed by atoms with Gasteiger partial charge in [-0.3, -0.25) is 0 Å². The van der Waals surface area contributed by atoms with Crippen LogP contribution in [0.15, 0.2) is 24.3 Å². The van der Waals surface area contributed by atoms with Crippen LogP contribution in [-0.4, -0.2) is 35.7 Å². The van der Waals surface area contributed by atoms with Gasteiger partial charge in [-0.2, -0.15) is 0 Å². The average molecular weight is 258 g/mol. The molecule has 0 amide bonds. The first-order valence-electron chi connectivity index (χ1n) is 5.88. The van der Waals surface area contributed by atoms with E-state index < -0.39 is 11.2 Å². The predicted octanol–water partition coefficient (Wildman–Crippen LogP) is 1.96. The summed E-state index contributed by atoms with van der Waals surface area (Å²) in [6.45, 7) is 10.0. The van der Waals surface area contributed by atoms with Crippen molar-refractivity contribution in [3.05, 3.63) is 24.3 Å². The summed E-state index contributed by atoms with van der Waals surface area (Å²) in [5.41, 5.74) is -0.0137. The molecule has 4 heteroatoms. The Kier molecular flexibility index (Phi) is 6.93. The summed E-state index contributed by atoms with van der Waals surface area (Å²) in [5.74, 6) is 0. The summed E-state index contributed by atoms with van der Waals surface area (Å²) in [7, 11) is 3.82. The zero-order valence-electron chi connectivity index (χ0n) is 12.0. The van der Waals surface area contributed by atoms with Crippen LogP contribution in [0.3, 0.4) is 0 Å². The molecular formula is C13H26O3Si. The van der Waals surface area contributed by atoms with Gasteiger partial charge in [-0.25, -0.2) is 0 Å². The van der Waals surface area contributed by atoms with E-state index in [1.54, 1.807) is 14.2 Å². The maximum Gasteiger partial charge on any atom is 0.245 e. The molecule has 0 aliphatic carbocycles. The molecule has 0 rings (SSSR count). The van der Waals surface area contributed by atoms with Gasteiger partial charge < -0.3 is 14.2 Å². The lowest BCUT2D eigenvalue weighted by atomic mass is 9.99. The highest BCUT2D eigenvalue weighted by molar-refractivity contribution is 6.12. The van der Waals surface area contributed by atoms with Crippen molar-refractivity contribution in [1.29, 1.82) is 0 Å². The fourth-order valence-electron chi connectivity index (χ4n) is 1.43. The second-order valence-electron chi connectivity index (χ2n) is 4.71. The lowest BCUT2D eigenvalue weighted by molar-refractivity contribution is -0.333.